The molecule has 1 aliphatic heterocycles. The average molecular weight is 378 g/mol. The minimum absolute atomic E-state index is 0. The highest BCUT2D eigenvalue weighted by molar-refractivity contribution is 6.45. The Morgan fingerprint density at radius 2 is 1.81 bits per heavy atom. The van der Waals surface area contributed by atoms with E-state index in [0.717, 1.165) is 30.5 Å². The van der Waals surface area contributed by atoms with Crippen LogP contribution in [0.15, 0.2) is 30.5 Å². The molecule has 0 spiro atoms. The molecule has 1 saturated heterocycles. The van der Waals surface area contributed by atoms with Crippen molar-refractivity contribution in [3.63, 3.8) is 0 Å². The molecule has 0 aliphatic carbocycles. The molecule has 0 saturated carbocycles. The standard InChI is InChI=1S/C20H27N3O2.ClH/c1-15(2)23-14-17(16-8-4-5-9-18(16)23)19(24)20(25)21-10-13-22-11-6-3-7-12-22;/h4-5,8-9,14-15H,3,6-7,10-13H2,1-2H3,(H,21,25);1H. The summed E-state index contributed by atoms with van der Waals surface area (Å²) in [5.74, 6) is -0.960. The quantitative estimate of drug-likeness (QED) is 0.619. The molecule has 2 aromatic rings. The van der Waals surface area contributed by atoms with E-state index in [1.165, 1.54) is 19.3 Å². The van der Waals surface area contributed by atoms with E-state index < -0.39 is 11.7 Å². The van der Waals surface area contributed by atoms with Crippen molar-refractivity contribution in [3.05, 3.63) is 36.0 Å². The summed E-state index contributed by atoms with van der Waals surface area (Å²) in [5.41, 5.74) is 1.47. The monoisotopic (exact) mass is 377 g/mol. The van der Waals surface area contributed by atoms with Gasteiger partial charge in [-0.3, -0.25) is 9.59 Å². The number of carbonyl (C=O) groups excluding carboxylic acids is 2. The lowest BCUT2D eigenvalue weighted by Gasteiger charge is -2.26. The summed E-state index contributed by atoms with van der Waals surface area (Å²) < 4.78 is 2.05. The molecule has 1 amide bonds. The zero-order chi connectivity index (χ0) is 17.8. The molecule has 2 heterocycles. The maximum absolute atomic E-state index is 12.6. The van der Waals surface area contributed by atoms with Crippen molar-refractivity contribution in [3.8, 4) is 0 Å². The van der Waals surface area contributed by atoms with Crippen LogP contribution in [0.5, 0.6) is 0 Å². The van der Waals surface area contributed by atoms with Gasteiger partial charge in [0, 0.05) is 36.2 Å². The topological polar surface area (TPSA) is 54.3 Å². The number of fused-ring (bicyclic) bond motifs is 1. The maximum atomic E-state index is 12.6. The second-order valence-corrected chi connectivity index (χ2v) is 7.05. The molecule has 5 nitrogen and oxygen atoms in total. The van der Waals surface area contributed by atoms with Gasteiger partial charge in [-0.2, -0.15) is 0 Å². The molecular formula is C20H28ClN3O2. The summed E-state index contributed by atoms with van der Waals surface area (Å²) in [7, 11) is 0. The number of likely N-dealkylation sites (tertiary alicyclic amines) is 1. The van der Waals surface area contributed by atoms with Gasteiger partial charge in [0.2, 0.25) is 0 Å². The second kappa shape index (κ2) is 9.19. The molecule has 1 aromatic heterocycles. The molecule has 1 fully saturated rings. The Morgan fingerprint density at radius 1 is 1.12 bits per heavy atom. The molecule has 26 heavy (non-hydrogen) atoms. The number of para-hydroxylation sites is 1. The van der Waals surface area contributed by atoms with Crippen molar-refractivity contribution >= 4 is 35.0 Å². The number of rotatable bonds is 6. The predicted molar refractivity (Wildman–Crippen MR) is 107 cm³/mol. The van der Waals surface area contributed by atoms with Crippen LogP contribution in [0, 0.1) is 0 Å². The van der Waals surface area contributed by atoms with E-state index >= 15 is 0 Å². The smallest absolute Gasteiger partial charge is 0.292 e. The van der Waals surface area contributed by atoms with Gasteiger partial charge >= 0.3 is 0 Å². The number of nitrogens with one attached hydrogen (secondary N) is 1. The second-order valence-electron chi connectivity index (χ2n) is 7.05. The van der Waals surface area contributed by atoms with Crippen molar-refractivity contribution in [2.75, 3.05) is 26.2 Å². The van der Waals surface area contributed by atoms with Crippen LogP contribution in [-0.4, -0.2) is 47.3 Å². The van der Waals surface area contributed by atoms with E-state index in [2.05, 4.69) is 24.1 Å². The van der Waals surface area contributed by atoms with E-state index in [0.29, 0.717) is 12.1 Å². The summed E-state index contributed by atoms with van der Waals surface area (Å²) in [6.45, 7) is 7.65. The minimum atomic E-state index is -0.510. The molecule has 6 heteroatoms. The lowest BCUT2D eigenvalue weighted by Crippen LogP contribution is -2.39. The third-order valence-corrected chi connectivity index (χ3v) is 4.91. The lowest BCUT2D eigenvalue weighted by molar-refractivity contribution is -0.117. The number of hydrogen-bond acceptors (Lipinski definition) is 3. The molecule has 0 radical (unpaired) electrons. The van der Waals surface area contributed by atoms with Crippen LogP contribution >= 0.6 is 12.4 Å². The molecule has 0 unspecified atom stereocenters. The van der Waals surface area contributed by atoms with Crippen LogP contribution in [0.25, 0.3) is 10.9 Å². The van der Waals surface area contributed by atoms with E-state index in [4.69, 9.17) is 0 Å². The van der Waals surface area contributed by atoms with Gasteiger partial charge in [0.15, 0.2) is 0 Å². The average Bonchev–Trinajstić information content (AvgIpc) is 3.02. The Labute approximate surface area is 161 Å². The highest BCUT2D eigenvalue weighted by Gasteiger charge is 2.22. The lowest BCUT2D eigenvalue weighted by atomic mass is 10.1. The normalized spacial score (nSPS) is 15.0. The highest BCUT2D eigenvalue weighted by Crippen LogP contribution is 2.25. The fraction of sp³-hybridized carbons (Fsp3) is 0.500. The zero-order valence-electron chi connectivity index (χ0n) is 15.5. The van der Waals surface area contributed by atoms with Crippen molar-refractivity contribution in [1.82, 2.24) is 14.8 Å². The molecule has 0 atom stereocenters. The summed E-state index contributed by atoms with van der Waals surface area (Å²) in [4.78, 5) is 27.3. The van der Waals surface area contributed by atoms with Crippen LogP contribution in [0.3, 0.4) is 0 Å². The Balaban J connectivity index is 0.00000243. The van der Waals surface area contributed by atoms with Crippen LogP contribution in [-0.2, 0) is 4.79 Å². The number of benzene rings is 1. The fourth-order valence-corrected chi connectivity index (χ4v) is 3.53. The largest absolute Gasteiger partial charge is 0.348 e. The van der Waals surface area contributed by atoms with Crippen molar-refractivity contribution < 1.29 is 9.59 Å². The first-order valence-corrected chi connectivity index (χ1v) is 9.22. The van der Waals surface area contributed by atoms with E-state index in [1.54, 1.807) is 0 Å². The van der Waals surface area contributed by atoms with Gasteiger partial charge in [0.05, 0.1) is 5.56 Å². The van der Waals surface area contributed by atoms with Crippen molar-refractivity contribution in [1.29, 1.82) is 0 Å². The number of hydrogen-bond donors (Lipinski definition) is 1. The van der Waals surface area contributed by atoms with Gasteiger partial charge in [-0.1, -0.05) is 24.6 Å². The van der Waals surface area contributed by atoms with Gasteiger partial charge in [-0.25, -0.2) is 0 Å². The first-order chi connectivity index (χ1) is 12.1. The number of halogens is 1. The maximum Gasteiger partial charge on any atom is 0.292 e. The number of carbonyl (C=O) groups is 2. The SMILES string of the molecule is CC(C)n1cc(C(=O)C(=O)NCCN2CCCCC2)c2ccccc21.Cl. The Hall–Kier alpha value is -1.85. The van der Waals surface area contributed by atoms with Gasteiger partial charge < -0.3 is 14.8 Å². The minimum Gasteiger partial charge on any atom is -0.348 e. The van der Waals surface area contributed by atoms with Gasteiger partial charge in [0.1, 0.15) is 0 Å². The summed E-state index contributed by atoms with van der Waals surface area (Å²) >= 11 is 0. The third-order valence-electron chi connectivity index (χ3n) is 4.91. The number of amides is 1. The summed E-state index contributed by atoms with van der Waals surface area (Å²) in [5, 5.41) is 3.63. The number of Topliss-reactive ketones (excluding diaryl/α,β-unsaturated/α-hetero) is 1. The fourth-order valence-electron chi connectivity index (χ4n) is 3.53. The molecule has 1 N–H and O–H groups in total. The van der Waals surface area contributed by atoms with E-state index in [-0.39, 0.29) is 18.4 Å². The first kappa shape index (κ1) is 20.5. The van der Waals surface area contributed by atoms with Crippen molar-refractivity contribution in [2.24, 2.45) is 0 Å². The number of piperidine rings is 1. The number of nitrogens with zero attached hydrogens (tertiary/aromatic N) is 2. The highest BCUT2D eigenvalue weighted by atomic mass is 35.5. The molecule has 1 aliphatic rings. The van der Waals surface area contributed by atoms with Crippen molar-refractivity contribution in [2.45, 2.75) is 39.2 Å². The Morgan fingerprint density at radius 3 is 2.50 bits per heavy atom. The van der Waals surface area contributed by atoms with Gasteiger partial charge in [-0.15, -0.1) is 12.4 Å². The van der Waals surface area contributed by atoms with Gasteiger partial charge in [-0.05, 0) is 45.8 Å². The van der Waals surface area contributed by atoms with Crippen LogP contribution in [0.2, 0.25) is 0 Å². The predicted octanol–water partition coefficient (Wildman–Crippen LogP) is 3.43. The zero-order valence-corrected chi connectivity index (χ0v) is 16.3. The third kappa shape index (κ3) is 4.46. The van der Waals surface area contributed by atoms with E-state index in [9.17, 15) is 9.59 Å². The van der Waals surface area contributed by atoms with Crippen LogP contribution in [0.1, 0.15) is 49.5 Å². The number of aromatic nitrogens is 1. The van der Waals surface area contributed by atoms with Gasteiger partial charge in [0.25, 0.3) is 11.7 Å². The molecule has 142 valence electrons. The molecule has 3 rings (SSSR count). The molecule has 0 bridgehead atoms. The summed E-state index contributed by atoms with van der Waals surface area (Å²) in [6, 6.07) is 7.98. The Kier molecular flexibility index (Phi) is 7.23. The van der Waals surface area contributed by atoms with E-state index in [1.807, 2.05) is 35.0 Å². The van der Waals surface area contributed by atoms with Crippen LogP contribution in [0.4, 0.5) is 0 Å². The summed E-state index contributed by atoms with van der Waals surface area (Å²) in [6.07, 6.45) is 5.55. The Bertz CT molecular complexity index is 764. The number of ketones is 1. The van der Waals surface area contributed by atoms with Crippen LogP contribution < -0.4 is 5.32 Å². The first-order valence-electron chi connectivity index (χ1n) is 9.22. The molecular weight excluding hydrogens is 350 g/mol. The molecule has 1 aromatic carbocycles.